The molecule has 0 bridgehead atoms. The number of rotatable bonds is 6. The van der Waals surface area contributed by atoms with Crippen LogP contribution in [-0.2, 0) is 4.79 Å². The van der Waals surface area contributed by atoms with Crippen LogP contribution in [0.25, 0.3) is 0 Å². The number of carbonyl (C=O) groups excluding carboxylic acids is 1. The van der Waals surface area contributed by atoms with Crippen molar-refractivity contribution in [3.05, 3.63) is 28.8 Å². The van der Waals surface area contributed by atoms with Gasteiger partial charge < -0.3 is 10.6 Å². The highest BCUT2D eigenvalue weighted by molar-refractivity contribution is 6.33. The van der Waals surface area contributed by atoms with Crippen LogP contribution < -0.4 is 10.6 Å². The highest BCUT2D eigenvalue weighted by Crippen LogP contribution is 2.25. The molecule has 0 heterocycles. The summed E-state index contributed by atoms with van der Waals surface area (Å²) in [6.45, 7) is 7.95. The zero-order valence-corrected chi connectivity index (χ0v) is 12.8. The van der Waals surface area contributed by atoms with Crippen LogP contribution in [0.5, 0.6) is 0 Å². The minimum Gasteiger partial charge on any atom is -0.372 e. The molecule has 0 saturated heterocycles. The molecular formula is C15H23ClN2O. The molecule has 0 aromatic heterocycles. The monoisotopic (exact) mass is 282 g/mol. The van der Waals surface area contributed by atoms with E-state index in [1.54, 1.807) is 0 Å². The average molecular weight is 283 g/mol. The van der Waals surface area contributed by atoms with Gasteiger partial charge in [0.1, 0.15) is 6.04 Å². The first-order chi connectivity index (χ1) is 8.95. The second kappa shape index (κ2) is 7.39. The fourth-order valence-corrected chi connectivity index (χ4v) is 2.25. The molecule has 1 aromatic rings. The number of hydrogen-bond acceptors (Lipinski definition) is 2. The lowest BCUT2D eigenvalue weighted by atomic mass is 10.1. The third-order valence-electron chi connectivity index (χ3n) is 3.09. The Morgan fingerprint density at radius 3 is 2.63 bits per heavy atom. The summed E-state index contributed by atoms with van der Waals surface area (Å²) < 4.78 is 0. The molecule has 0 spiro atoms. The van der Waals surface area contributed by atoms with Gasteiger partial charge in [0.25, 0.3) is 0 Å². The lowest BCUT2D eigenvalue weighted by molar-refractivity contribution is -0.122. The Labute approximate surface area is 120 Å². The van der Waals surface area contributed by atoms with Crippen molar-refractivity contribution in [2.75, 3.05) is 5.32 Å². The van der Waals surface area contributed by atoms with Gasteiger partial charge in [-0.05, 0) is 38.8 Å². The molecule has 2 unspecified atom stereocenters. The molecule has 0 radical (unpaired) electrons. The molecule has 0 saturated carbocycles. The summed E-state index contributed by atoms with van der Waals surface area (Å²) >= 11 is 6.14. The van der Waals surface area contributed by atoms with Crippen LogP contribution in [0.15, 0.2) is 18.2 Å². The maximum atomic E-state index is 12.0. The van der Waals surface area contributed by atoms with E-state index in [0.29, 0.717) is 5.02 Å². The summed E-state index contributed by atoms with van der Waals surface area (Å²) in [6.07, 6.45) is 2.05. The number of nitrogens with one attached hydrogen (secondary N) is 2. The van der Waals surface area contributed by atoms with E-state index in [1.807, 2.05) is 39.0 Å². The molecule has 106 valence electrons. The minimum atomic E-state index is -0.307. The Hall–Kier alpha value is -1.22. The summed E-state index contributed by atoms with van der Waals surface area (Å²) in [5, 5.41) is 6.82. The Morgan fingerprint density at radius 1 is 1.37 bits per heavy atom. The van der Waals surface area contributed by atoms with Gasteiger partial charge in [-0.3, -0.25) is 4.79 Å². The van der Waals surface area contributed by atoms with E-state index in [9.17, 15) is 4.79 Å². The van der Waals surface area contributed by atoms with Crippen molar-refractivity contribution >= 4 is 23.2 Å². The van der Waals surface area contributed by atoms with Gasteiger partial charge in [-0.25, -0.2) is 0 Å². The maximum absolute atomic E-state index is 12.0. The maximum Gasteiger partial charge on any atom is 0.242 e. The van der Waals surface area contributed by atoms with E-state index in [4.69, 9.17) is 11.6 Å². The quantitative estimate of drug-likeness (QED) is 0.834. The van der Waals surface area contributed by atoms with E-state index in [2.05, 4.69) is 17.6 Å². The summed E-state index contributed by atoms with van der Waals surface area (Å²) in [5.74, 6) is 0.000250. The molecule has 0 aliphatic heterocycles. The minimum absolute atomic E-state index is 0.000250. The van der Waals surface area contributed by atoms with Crippen molar-refractivity contribution in [3.63, 3.8) is 0 Å². The van der Waals surface area contributed by atoms with Crippen molar-refractivity contribution in [2.45, 2.75) is 52.6 Å². The summed E-state index contributed by atoms with van der Waals surface area (Å²) in [6, 6.07) is 5.59. The number of carbonyl (C=O) groups is 1. The normalized spacial score (nSPS) is 13.7. The number of para-hydroxylation sites is 1. The van der Waals surface area contributed by atoms with Crippen LogP contribution in [0, 0.1) is 6.92 Å². The van der Waals surface area contributed by atoms with Crippen LogP contribution in [0.4, 0.5) is 5.69 Å². The molecule has 1 amide bonds. The standard InChI is InChI=1S/C15H23ClN2O/c1-5-7-11(3)17-15(19)12(4)18-14-10(2)8-6-9-13(14)16/h6,8-9,11-12,18H,5,7H2,1-4H3,(H,17,19). The van der Waals surface area contributed by atoms with Crippen molar-refractivity contribution in [2.24, 2.45) is 0 Å². The third-order valence-corrected chi connectivity index (χ3v) is 3.40. The Morgan fingerprint density at radius 2 is 2.05 bits per heavy atom. The smallest absolute Gasteiger partial charge is 0.242 e. The molecule has 2 N–H and O–H groups in total. The van der Waals surface area contributed by atoms with Gasteiger partial charge in [-0.2, -0.15) is 0 Å². The number of aryl methyl sites for hydroxylation is 1. The highest BCUT2D eigenvalue weighted by Gasteiger charge is 2.16. The topological polar surface area (TPSA) is 41.1 Å². The molecule has 19 heavy (non-hydrogen) atoms. The van der Waals surface area contributed by atoms with Gasteiger partial charge in [0, 0.05) is 6.04 Å². The molecule has 3 nitrogen and oxygen atoms in total. The molecule has 4 heteroatoms. The van der Waals surface area contributed by atoms with E-state index in [-0.39, 0.29) is 18.0 Å². The number of anilines is 1. The van der Waals surface area contributed by atoms with E-state index >= 15 is 0 Å². The van der Waals surface area contributed by atoms with E-state index in [1.165, 1.54) is 0 Å². The molecule has 0 aliphatic carbocycles. The van der Waals surface area contributed by atoms with Gasteiger partial charge in [-0.15, -0.1) is 0 Å². The lowest BCUT2D eigenvalue weighted by Gasteiger charge is -2.20. The Kier molecular flexibility index (Phi) is 6.16. The molecule has 1 aromatic carbocycles. The lowest BCUT2D eigenvalue weighted by Crippen LogP contribution is -2.42. The first-order valence-electron chi connectivity index (χ1n) is 6.77. The number of halogens is 1. The van der Waals surface area contributed by atoms with Gasteiger partial charge in [0.2, 0.25) is 5.91 Å². The SMILES string of the molecule is CCCC(C)NC(=O)C(C)Nc1c(C)cccc1Cl. The van der Waals surface area contributed by atoms with Crippen LogP contribution in [0.2, 0.25) is 5.02 Å². The van der Waals surface area contributed by atoms with Crippen LogP contribution in [0.3, 0.4) is 0 Å². The Bertz CT molecular complexity index is 414. The second-order valence-electron chi connectivity index (χ2n) is 5.00. The van der Waals surface area contributed by atoms with Crippen molar-refractivity contribution in [3.8, 4) is 0 Å². The molecule has 0 aliphatic rings. The predicted molar refractivity (Wildman–Crippen MR) is 81.8 cm³/mol. The fraction of sp³-hybridized carbons (Fsp3) is 0.533. The van der Waals surface area contributed by atoms with Crippen molar-refractivity contribution in [1.29, 1.82) is 0 Å². The largest absolute Gasteiger partial charge is 0.372 e. The zero-order chi connectivity index (χ0) is 14.4. The average Bonchev–Trinajstić information content (AvgIpc) is 2.34. The van der Waals surface area contributed by atoms with Gasteiger partial charge in [-0.1, -0.05) is 37.1 Å². The van der Waals surface area contributed by atoms with Crippen LogP contribution >= 0.6 is 11.6 Å². The fourth-order valence-electron chi connectivity index (χ4n) is 1.97. The van der Waals surface area contributed by atoms with Crippen LogP contribution in [-0.4, -0.2) is 18.0 Å². The number of amides is 1. The summed E-state index contributed by atoms with van der Waals surface area (Å²) in [7, 11) is 0. The molecule has 1 rings (SSSR count). The van der Waals surface area contributed by atoms with Gasteiger partial charge >= 0.3 is 0 Å². The van der Waals surface area contributed by atoms with Gasteiger partial charge in [0.05, 0.1) is 10.7 Å². The second-order valence-corrected chi connectivity index (χ2v) is 5.40. The Balaban J connectivity index is 2.64. The van der Waals surface area contributed by atoms with E-state index < -0.39 is 0 Å². The third kappa shape index (κ3) is 4.75. The first kappa shape index (κ1) is 15.8. The summed E-state index contributed by atoms with van der Waals surface area (Å²) in [4.78, 5) is 12.0. The first-order valence-corrected chi connectivity index (χ1v) is 7.15. The highest BCUT2D eigenvalue weighted by atomic mass is 35.5. The molecule has 0 fully saturated rings. The molecule has 2 atom stereocenters. The van der Waals surface area contributed by atoms with Crippen molar-refractivity contribution < 1.29 is 4.79 Å². The van der Waals surface area contributed by atoms with Gasteiger partial charge in [0.15, 0.2) is 0 Å². The predicted octanol–water partition coefficient (Wildman–Crippen LogP) is 3.75. The summed E-state index contributed by atoms with van der Waals surface area (Å²) in [5.41, 5.74) is 1.86. The van der Waals surface area contributed by atoms with Crippen LogP contribution in [0.1, 0.15) is 39.2 Å². The number of benzene rings is 1. The molecular weight excluding hydrogens is 260 g/mol. The zero-order valence-electron chi connectivity index (χ0n) is 12.1. The number of hydrogen-bond donors (Lipinski definition) is 2. The van der Waals surface area contributed by atoms with E-state index in [0.717, 1.165) is 24.1 Å². The van der Waals surface area contributed by atoms with Crippen molar-refractivity contribution in [1.82, 2.24) is 5.32 Å².